The standard InChI is InChI=1S/C20H35N3O/c1-5-7-14-23(15-8-6-2)16-13-21-20(24)22-19-11-9-18(10-12-19)17(3)4/h9-12,17H,5-8,13-16H2,1-4H3,(H2,21,22,24). The molecular formula is C20H35N3O. The van der Waals surface area contributed by atoms with Gasteiger partial charge in [0, 0.05) is 18.8 Å². The maximum atomic E-state index is 12.0. The quantitative estimate of drug-likeness (QED) is 0.609. The fourth-order valence-corrected chi connectivity index (χ4v) is 2.55. The van der Waals surface area contributed by atoms with Crippen LogP contribution < -0.4 is 10.6 Å². The van der Waals surface area contributed by atoms with Crippen LogP contribution in [0.1, 0.15) is 64.9 Å². The fraction of sp³-hybridized carbons (Fsp3) is 0.650. The zero-order valence-electron chi connectivity index (χ0n) is 15.9. The molecule has 4 nitrogen and oxygen atoms in total. The van der Waals surface area contributed by atoms with Gasteiger partial charge in [0.15, 0.2) is 0 Å². The Balaban J connectivity index is 2.33. The summed E-state index contributed by atoms with van der Waals surface area (Å²) in [5.41, 5.74) is 2.12. The van der Waals surface area contributed by atoms with Gasteiger partial charge in [-0.3, -0.25) is 0 Å². The molecule has 0 bridgehead atoms. The largest absolute Gasteiger partial charge is 0.337 e. The number of hydrogen-bond acceptors (Lipinski definition) is 2. The van der Waals surface area contributed by atoms with Gasteiger partial charge in [-0.2, -0.15) is 0 Å². The van der Waals surface area contributed by atoms with Crippen LogP contribution >= 0.6 is 0 Å². The molecule has 1 aromatic rings. The minimum absolute atomic E-state index is 0.127. The molecule has 0 aliphatic carbocycles. The number of rotatable bonds is 11. The fourth-order valence-electron chi connectivity index (χ4n) is 2.55. The van der Waals surface area contributed by atoms with Crippen molar-refractivity contribution in [3.05, 3.63) is 29.8 Å². The molecule has 0 saturated heterocycles. The molecule has 136 valence electrons. The van der Waals surface area contributed by atoms with E-state index in [1.54, 1.807) is 0 Å². The summed E-state index contributed by atoms with van der Waals surface area (Å²) in [5, 5.41) is 5.86. The first-order valence-corrected chi connectivity index (χ1v) is 9.44. The minimum Gasteiger partial charge on any atom is -0.337 e. The highest BCUT2D eigenvalue weighted by molar-refractivity contribution is 5.89. The molecular weight excluding hydrogens is 298 g/mol. The van der Waals surface area contributed by atoms with Gasteiger partial charge in [-0.1, -0.05) is 52.7 Å². The average molecular weight is 334 g/mol. The number of nitrogens with one attached hydrogen (secondary N) is 2. The maximum absolute atomic E-state index is 12.0. The maximum Gasteiger partial charge on any atom is 0.319 e. The topological polar surface area (TPSA) is 44.4 Å². The van der Waals surface area contributed by atoms with Gasteiger partial charge in [-0.05, 0) is 49.5 Å². The number of urea groups is 1. The van der Waals surface area contributed by atoms with E-state index in [0.29, 0.717) is 12.5 Å². The van der Waals surface area contributed by atoms with Crippen molar-refractivity contribution in [3.8, 4) is 0 Å². The van der Waals surface area contributed by atoms with Crippen molar-refractivity contribution in [2.24, 2.45) is 0 Å². The van der Waals surface area contributed by atoms with Crippen LogP contribution in [0.15, 0.2) is 24.3 Å². The summed E-state index contributed by atoms with van der Waals surface area (Å²) < 4.78 is 0. The molecule has 0 aliphatic rings. The molecule has 1 aromatic carbocycles. The van der Waals surface area contributed by atoms with E-state index in [2.05, 4.69) is 55.4 Å². The third kappa shape index (κ3) is 8.34. The molecule has 2 N–H and O–H groups in total. The summed E-state index contributed by atoms with van der Waals surface area (Å²) in [5.74, 6) is 0.505. The van der Waals surface area contributed by atoms with Crippen molar-refractivity contribution in [1.29, 1.82) is 0 Å². The Morgan fingerprint density at radius 2 is 1.58 bits per heavy atom. The lowest BCUT2D eigenvalue weighted by Crippen LogP contribution is -2.37. The predicted molar refractivity (Wildman–Crippen MR) is 104 cm³/mol. The summed E-state index contributed by atoms with van der Waals surface area (Å²) >= 11 is 0. The van der Waals surface area contributed by atoms with Crippen molar-refractivity contribution in [2.75, 3.05) is 31.5 Å². The highest BCUT2D eigenvalue weighted by Gasteiger charge is 2.06. The van der Waals surface area contributed by atoms with Gasteiger partial charge in [-0.15, -0.1) is 0 Å². The molecule has 24 heavy (non-hydrogen) atoms. The number of amides is 2. The van der Waals surface area contributed by atoms with Gasteiger partial charge in [-0.25, -0.2) is 4.79 Å². The second-order valence-electron chi connectivity index (χ2n) is 6.71. The van der Waals surface area contributed by atoms with E-state index >= 15 is 0 Å². The number of unbranched alkanes of at least 4 members (excludes halogenated alkanes) is 2. The molecule has 1 rings (SSSR count). The van der Waals surface area contributed by atoms with Gasteiger partial charge in [0.2, 0.25) is 0 Å². The zero-order chi connectivity index (χ0) is 17.8. The van der Waals surface area contributed by atoms with Crippen LogP contribution in [0.5, 0.6) is 0 Å². The Morgan fingerprint density at radius 3 is 2.08 bits per heavy atom. The molecule has 0 fully saturated rings. The third-order valence-corrected chi connectivity index (χ3v) is 4.20. The Hall–Kier alpha value is -1.55. The first kappa shape index (κ1) is 20.5. The summed E-state index contributed by atoms with van der Waals surface area (Å²) in [6.07, 6.45) is 4.86. The van der Waals surface area contributed by atoms with E-state index in [1.165, 1.54) is 31.2 Å². The molecule has 0 spiro atoms. The van der Waals surface area contributed by atoms with Gasteiger partial charge < -0.3 is 15.5 Å². The Labute approximate surface area is 148 Å². The van der Waals surface area contributed by atoms with Crippen LogP contribution in [0.4, 0.5) is 10.5 Å². The molecule has 0 atom stereocenters. The van der Waals surface area contributed by atoms with E-state index in [4.69, 9.17) is 0 Å². The highest BCUT2D eigenvalue weighted by Crippen LogP contribution is 2.16. The Bertz CT molecular complexity index is 448. The van der Waals surface area contributed by atoms with Crippen LogP contribution in [0.3, 0.4) is 0 Å². The molecule has 0 heterocycles. The van der Waals surface area contributed by atoms with E-state index < -0.39 is 0 Å². The highest BCUT2D eigenvalue weighted by atomic mass is 16.2. The molecule has 2 amide bonds. The van der Waals surface area contributed by atoms with Crippen molar-refractivity contribution in [2.45, 2.75) is 59.3 Å². The number of carbonyl (C=O) groups is 1. The van der Waals surface area contributed by atoms with Crippen molar-refractivity contribution in [3.63, 3.8) is 0 Å². The number of benzene rings is 1. The molecule has 0 saturated carbocycles. The van der Waals surface area contributed by atoms with E-state index in [-0.39, 0.29) is 6.03 Å². The Kier molecular flexibility index (Phi) is 10.2. The lowest BCUT2D eigenvalue weighted by atomic mass is 10.0. The lowest BCUT2D eigenvalue weighted by Gasteiger charge is -2.22. The molecule has 0 aliphatic heterocycles. The molecule has 0 aromatic heterocycles. The Morgan fingerprint density at radius 1 is 1.00 bits per heavy atom. The second-order valence-corrected chi connectivity index (χ2v) is 6.71. The van der Waals surface area contributed by atoms with Gasteiger partial charge in [0.25, 0.3) is 0 Å². The van der Waals surface area contributed by atoms with Gasteiger partial charge >= 0.3 is 6.03 Å². The van der Waals surface area contributed by atoms with E-state index in [9.17, 15) is 4.79 Å². The van der Waals surface area contributed by atoms with Gasteiger partial charge in [0.05, 0.1) is 0 Å². The van der Waals surface area contributed by atoms with Crippen molar-refractivity contribution < 1.29 is 4.79 Å². The minimum atomic E-state index is -0.127. The van der Waals surface area contributed by atoms with Crippen molar-refractivity contribution >= 4 is 11.7 Å². The number of nitrogens with zero attached hydrogens (tertiary/aromatic N) is 1. The molecule has 0 unspecified atom stereocenters. The van der Waals surface area contributed by atoms with E-state index in [1.807, 2.05) is 12.1 Å². The van der Waals surface area contributed by atoms with Crippen LogP contribution in [0.25, 0.3) is 0 Å². The summed E-state index contributed by atoms with van der Waals surface area (Å²) in [7, 11) is 0. The molecule has 4 heteroatoms. The SMILES string of the molecule is CCCCN(CCCC)CCNC(=O)Nc1ccc(C(C)C)cc1. The van der Waals surface area contributed by atoms with Crippen LogP contribution in [0, 0.1) is 0 Å². The number of carbonyl (C=O) groups excluding carboxylic acids is 1. The number of anilines is 1. The summed E-state index contributed by atoms with van der Waals surface area (Å²) in [4.78, 5) is 14.4. The number of hydrogen-bond donors (Lipinski definition) is 2. The summed E-state index contributed by atoms with van der Waals surface area (Å²) in [6.45, 7) is 12.6. The predicted octanol–water partition coefficient (Wildman–Crippen LogP) is 4.83. The smallest absolute Gasteiger partial charge is 0.319 e. The lowest BCUT2D eigenvalue weighted by molar-refractivity contribution is 0.243. The van der Waals surface area contributed by atoms with Crippen LogP contribution in [-0.4, -0.2) is 37.1 Å². The van der Waals surface area contributed by atoms with Gasteiger partial charge in [0.1, 0.15) is 0 Å². The normalized spacial score (nSPS) is 11.1. The first-order chi connectivity index (χ1) is 11.6. The third-order valence-electron chi connectivity index (χ3n) is 4.20. The zero-order valence-corrected chi connectivity index (χ0v) is 15.9. The summed E-state index contributed by atoms with van der Waals surface area (Å²) in [6, 6.07) is 7.93. The van der Waals surface area contributed by atoms with Crippen LogP contribution in [0.2, 0.25) is 0 Å². The monoisotopic (exact) mass is 333 g/mol. The van der Waals surface area contributed by atoms with Crippen LogP contribution in [-0.2, 0) is 0 Å². The van der Waals surface area contributed by atoms with E-state index in [0.717, 1.165) is 25.3 Å². The first-order valence-electron chi connectivity index (χ1n) is 9.44. The average Bonchev–Trinajstić information content (AvgIpc) is 2.57. The molecule has 0 radical (unpaired) electrons. The van der Waals surface area contributed by atoms with Crippen molar-refractivity contribution in [1.82, 2.24) is 10.2 Å². The second kappa shape index (κ2) is 11.9.